The number of methoxy groups -OCH3 is 2. The van der Waals surface area contributed by atoms with Crippen LogP contribution in [0, 0.1) is 0 Å². The quantitative estimate of drug-likeness (QED) is 0.210. The van der Waals surface area contributed by atoms with Gasteiger partial charge in [-0.3, -0.25) is 14.4 Å². The molecule has 1 aromatic heterocycles. The van der Waals surface area contributed by atoms with Crippen molar-refractivity contribution in [3.05, 3.63) is 71.7 Å². The van der Waals surface area contributed by atoms with E-state index >= 15 is 0 Å². The second-order valence-corrected chi connectivity index (χ2v) is 8.71. The molecule has 0 spiro atoms. The van der Waals surface area contributed by atoms with E-state index in [1.165, 1.54) is 44.7 Å². The third-order valence-electron chi connectivity index (χ3n) is 5.57. The Bertz CT molecular complexity index is 1550. The summed E-state index contributed by atoms with van der Waals surface area (Å²) in [6.45, 7) is 2.09. The number of carboxylic acid groups (broad SMARTS) is 1. The van der Waals surface area contributed by atoms with Crippen LogP contribution in [0.5, 0.6) is 23.0 Å². The summed E-state index contributed by atoms with van der Waals surface area (Å²) in [5.41, 5.74) is -0.460. The number of ether oxygens (including phenoxy) is 6. The van der Waals surface area contributed by atoms with Crippen LogP contribution < -0.4 is 24.3 Å². The zero-order chi connectivity index (χ0) is 32.4. The smallest absolute Gasteiger partial charge is 0.349 e. The van der Waals surface area contributed by atoms with Gasteiger partial charge >= 0.3 is 29.8 Å². The number of aliphatic carboxylic acids is 1. The summed E-state index contributed by atoms with van der Waals surface area (Å²) in [7, 11) is 2.49. The van der Waals surface area contributed by atoms with Gasteiger partial charge in [-0.05, 0) is 48.5 Å². The Balaban J connectivity index is 1.92. The van der Waals surface area contributed by atoms with Crippen molar-refractivity contribution in [2.75, 3.05) is 14.2 Å². The Labute approximate surface area is 249 Å². The SMILES string of the molecule is COc1cc(C(=O)O[C@H](C(=O)O)[C@@H](OC(=O)c2ccc(OC(C)=O)c(OC)c2)C(=O)NCc2ccco2)ccc1OC(C)=O. The molecule has 0 fully saturated rings. The second kappa shape index (κ2) is 14.9. The van der Waals surface area contributed by atoms with Crippen molar-refractivity contribution >= 4 is 35.8 Å². The Kier molecular flexibility index (Phi) is 11.0. The molecule has 0 bridgehead atoms. The Morgan fingerprint density at radius 2 is 1.25 bits per heavy atom. The fourth-order valence-electron chi connectivity index (χ4n) is 3.62. The minimum absolute atomic E-state index is 0.0169. The summed E-state index contributed by atoms with van der Waals surface area (Å²) in [6, 6.07) is 10.1. The number of nitrogens with one attached hydrogen (secondary N) is 1. The highest BCUT2D eigenvalue weighted by Gasteiger charge is 2.41. The molecule has 44 heavy (non-hydrogen) atoms. The van der Waals surface area contributed by atoms with Crippen molar-refractivity contribution in [2.24, 2.45) is 0 Å². The Morgan fingerprint density at radius 3 is 1.66 bits per heavy atom. The molecule has 15 nitrogen and oxygen atoms in total. The average molecular weight is 614 g/mol. The molecule has 2 atom stereocenters. The van der Waals surface area contributed by atoms with Crippen LogP contribution in [0.15, 0.2) is 59.2 Å². The molecule has 2 N–H and O–H groups in total. The van der Waals surface area contributed by atoms with Crippen LogP contribution >= 0.6 is 0 Å². The first kappa shape index (κ1) is 32.7. The van der Waals surface area contributed by atoms with Crippen LogP contribution in [-0.4, -0.2) is 67.3 Å². The van der Waals surface area contributed by atoms with E-state index < -0.39 is 48.0 Å². The number of amides is 1. The molecule has 0 saturated carbocycles. The summed E-state index contributed by atoms with van der Waals surface area (Å²) in [6.07, 6.45) is -3.21. The van der Waals surface area contributed by atoms with Crippen LogP contribution in [0.4, 0.5) is 0 Å². The van der Waals surface area contributed by atoms with Gasteiger partial charge in [-0.15, -0.1) is 0 Å². The molecule has 0 unspecified atom stereocenters. The summed E-state index contributed by atoms with van der Waals surface area (Å²) in [5, 5.41) is 12.3. The molecule has 2 aromatic carbocycles. The maximum atomic E-state index is 13.2. The topological polar surface area (TPSA) is 203 Å². The summed E-state index contributed by atoms with van der Waals surface area (Å²) in [5.74, 6) is -6.56. The highest BCUT2D eigenvalue weighted by molar-refractivity contribution is 5.97. The van der Waals surface area contributed by atoms with Crippen LogP contribution in [0.2, 0.25) is 0 Å². The predicted molar refractivity (Wildman–Crippen MR) is 145 cm³/mol. The summed E-state index contributed by atoms with van der Waals surface area (Å²) >= 11 is 0. The minimum Gasteiger partial charge on any atom is -0.493 e. The number of benzene rings is 2. The van der Waals surface area contributed by atoms with E-state index in [0.29, 0.717) is 0 Å². The van der Waals surface area contributed by atoms with Gasteiger partial charge in [-0.25, -0.2) is 14.4 Å². The third-order valence-corrected chi connectivity index (χ3v) is 5.57. The molecule has 0 saturated heterocycles. The molecule has 0 aliphatic heterocycles. The molecule has 3 rings (SSSR count). The number of carbonyl (C=O) groups is 6. The first-order chi connectivity index (χ1) is 20.9. The van der Waals surface area contributed by atoms with E-state index in [2.05, 4.69) is 5.32 Å². The van der Waals surface area contributed by atoms with Crippen molar-refractivity contribution in [1.82, 2.24) is 5.32 Å². The Hall–Kier alpha value is -5.86. The van der Waals surface area contributed by atoms with E-state index in [-0.39, 0.29) is 46.4 Å². The fraction of sp³-hybridized carbons (Fsp3) is 0.241. The number of furan rings is 1. The molecular formula is C29H27NO14. The maximum absolute atomic E-state index is 13.2. The highest BCUT2D eigenvalue weighted by atomic mass is 16.6. The Morgan fingerprint density at radius 1 is 0.750 bits per heavy atom. The van der Waals surface area contributed by atoms with Crippen LogP contribution in [0.3, 0.4) is 0 Å². The number of carboxylic acids is 1. The molecule has 1 amide bonds. The normalized spacial score (nSPS) is 11.7. The van der Waals surface area contributed by atoms with Crippen molar-refractivity contribution < 1.29 is 66.7 Å². The molecular weight excluding hydrogens is 586 g/mol. The monoisotopic (exact) mass is 613 g/mol. The fourth-order valence-corrected chi connectivity index (χ4v) is 3.62. The second-order valence-electron chi connectivity index (χ2n) is 8.71. The van der Waals surface area contributed by atoms with Gasteiger partial charge in [0.1, 0.15) is 5.76 Å². The van der Waals surface area contributed by atoms with E-state index in [1.54, 1.807) is 6.07 Å². The van der Waals surface area contributed by atoms with Gasteiger partial charge in [0.2, 0.25) is 12.2 Å². The molecule has 3 aromatic rings. The van der Waals surface area contributed by atoms with E-state index in [9.17, 15) is 33.9 Å². The summed E-state index contributed by atoms with van der Waals surface area (Å²) in [4.78, 5) is 74.3. The van der Waals surface area contributed by atoms with E-state index in [1.807, 2.05) is 0 Å². The largest absolute Gasteiger partial charge is 0.493 e. The number of rotatable bonds is 13. The molecule has 232 valence electrons. The lowest BCUT2D eigenvalue weighted by Crippen LogP contribution is -2.50. The van der Waals surface area contributed by atoms with Crippen molar-refractivity contribution in [3.8, 4) is 23.0 Å². The number of hydrogen-bond acceptors (Lipinski definition) is 13. The molecule has 15 heteroatoms. The first-order valence-corrected chi connectivity index (χ1v) is 12.6. The number of esters is 4. The minimum atomic E-state index is -2.34. The predicted octanol–water partition coefficient (Wildman–Crippen LogP) is 2.30. The first-order valence-electron chi connectivity index (χ1n) is 12.6. The van der Waals surface area contributed by atoms with Crippen LogP contribution in [-0.2, 0) is 35.2 Å². The molecule has 1 heterocycles. The van der Waals surface area contributed by atoms with Crippen molar-refractivity contribution in [1.29, 1.82) is 0 Å². The maximum Gasteiger partial charge on any atom is 0.349 e. The molecule has 0 aliphatic carbocycles. The van der Waals surface area contributed by atoms with Crippen LogP contribution in [0.1, 0.15) is 40.3 Å². The zero-order valence-corrected chi connectivity index (χ0v) is 23.8. The van der Waals surface area contributed by atoms with Gasteiger partial charge in [-0.1, -0.05) is 0 Å². The number of carbonyl (C=O) groups excluding carboxylic acids is 5. The zero-order valence-electron chi connectivity index (χ0n) is 23.8. The summed E-state index contributed by atoms with van der Waals surface area (Å²) < 4.78 is 35.8. The van der Waals surface area contributed by atoms with Crippen LogP contribution in [0.25, 0.3) is 0 Å². The van der Waals surface area contributed by atoms with Gasteiger partial charge in [0.15, 0.2) is 23.0 Å². The standard InChI is InChI=1S/C29H27NO14/c1-15(31)41-20-9-7-17(12-22(20)38-3)28(36)43-24(26(33)30-14-19-6-5-11-40-19)25(27(34)35)44-29(37)18-8-10-21(42-16(2)32)23(13-18)39-4/h5-13,24-25H,14H2,1-4H3,(H,30,33)(H,34,35)/t24-,25+/m1/s1. The lowest BCUT2D eigenvalue weighted by molar-refractivity contribution is -0.159. The van der Waals surface area contributed by atoms with Gasteiger partial charge < -0.3 is 43.3 Å². The van der Waals surface area contributed by atoms with Gasteiger partial charge in [0.05, 0.1) is 38.2 Å². The van der Waals surface area contributed by atoms with E-state index in [0.717, 1.165) is 32.0 Å². The van der Waals surface area contributed by atoms with Crippen molar-refractivity contribution in [3.63, 3.8) is 0 Å². The third kappa shape index (κ3) is 8.58. The lowest BCUT2D eigenvalue weighted by Gasteiger charge is -2.23. The van der Waals surface area contributed by atoms with E-state index in [4.69, 9.17) is 32.8 Å². The molecule has 0 aliphatic rings. The van der Waals surface area contributed by atoms with Gasteiger partial charge in [0.25, 0.3) is 5.91 Å². The van der Waals surface area contributed by atoms with Gasteiger partial charge in [-0.2, -0.15) is 0 Å². The highest BCUT2D eigenvalue weighted by Crippen LogP contribution is 2.30. The van der Waals surface area contributed by atoms with Gasteiger partial charge in [0, 0.05) is 13.8 Å². The number of hydrogen-bond donors (Lipinski definition) is 2. The molecule has 0 radical (unpaired) electrons. The lowest BCUT2D eigenvalue weighted by atomic mass is 10.1. The van der Waals surface area contributed by atoms with Crippen molar-refractivity contribution in [2.45, 2.75) is 32.6 Å². The average Bonchev–Trinajstić information content (AvgIpc) is 3.51.